The smallest absolute Gasteiger partial charge is 0.215 e. The van der Waals surface area contributed by atoms with Gasteiger partial charge in [0.05, 0.1) is 11.4 Å². The number of hydrogen-bond acceptors (Lipinski definition) is 7. The van der Waals surface area contributed by atoms with Crippen LogP contribution in [0, 0.1) is 6.92 Å². The van der Waals surface area contributed by atoms with Crippen molar-refractivity contribution in [1.82, 2.24) is 24.7 Å². The van der Waals surface area contributed by atoms with Gasteiger partial charge < -0.3 is 10.1 Å². The molecule has 9 nitrogen and oxygen atoms in total. The molecule has 0 amide bonds. The number of aryl methyl sites for hydroxylation is 1. The van der Waals surface area contributed by atoms with E-state index in [1.807, 2.05) is 37.4 Å². The van der Waals surface area contributed by atoms with E-state index < -0.39 is 10.0 Å². The molecule has 3 aromatic rings. The first-order chi connectivity index (χ1) is 13.5. The summed E-state index contributed by atoms with van der Waals surface area (Å²) in [6, 6.07) is 14.5. The van der Waals surface area contributed by atoms with Crippen LogP contribution in [0.3, 0.4) is 0 Å². The molecule has 2 N–H and O–H groups in total. The fourth-order valence-electron chi connectivity index (χ4n) is 2.34. The molecule has 0 saturated heterocycles. The third-order valence-corrected chi connectivity index (χ3v) is 5.07. The molecule has 0 fully saturated rings. The van der Waals surface area contributed by atoms with E-state index in [1.165, 1.54) is 0 Å². The van der Waals surface area contributed by atoms with Gasteiger partial charge in [-0.1, -0.05) is 18.2 Å². The van der Waals surface area contributed by atoms with Gasteiger partial charge in [-0.3, -0.25) is 0 Å². The molecule has 10 heteroatoms. The van der Waals surface area contributed by atoms with Crippen molar-refractivity contribution >= 4 is 15.8 Å². The zero-order chi connectivity index (χ0) is 19.8. The number of hydrogen-bond donors (Lipinski definition) is 2. The molecule has 0 spiro atoms. The second-order valence-electron chi connectivity index (χ2n) is 5.98. The molecule has 28 heavy (non-hydrogen) atoms. The number of para-hydroxylation sites is 1. The van der Waals surface area contributed by atoms with Crippen LogP contribution >= 0.6 is 0 Å². The number of rotatable bonds is 10. The first-order valence-corrected chi connectivity index (χ1v) is 10.4. The van der Waals surface area contributed by atoms with Crippen molar-refractivity contribution in [2.75, 3.05) is 30.8 Å². The minimum Gasteiger partial charge on any atom is -0.492 e. The Morgan fingerprint density at radius 3 is 2.54 bits per heavy atom. The maximum absolute atomic E-state index is 12.0. The highest BCUT2D eigenvalue weighted by Gasteiger charge is 2.10. The fourth-order valence-corrected chi connectivity index (χ4v) is 3.20. The van der Waals surface area contributed by atoms with Gasteiger partial charge in [-0.2, -0.15) is 5.10 Å². The molecule has 0 aliphatic carbocycles. The number of anilines is 1. The summed E-state index contributed by atoms with van der Waals surface area (Å²) in [5.74, 6) is 1.70. The minimum atomic E-state index is -3.41. The topological polar surface area (TPSA) is 111 Å². The Hall–Kier alpha value is -2.98. The van der Waals surface area contributed by atoms with E-state index in [4.69, 9.17) is 4.74 Å². The second-order valence-corrected chi connectivity index (χ2v) is 7.91. The lowest BCUT2D eigenvalue weighted by Gasteiger charge is -2.09. The summed E-state index contributed by atoms with van der Waals surface area (Å²) in [6.07, 6.45) is 1.81. The molecule has 148 valence electrons. The van der Waals surface area contributed by atoms with E-state index in [9.17, 15) is 8.42 Å². The highest BCUT2D eigenvalue weighted by molar-refractivity contribution is 7.89. The molecular weight excluding hydrogens is 380 g/mol. The molecule has 0 bridgehead atoms. The van der Waals surface area contributed by atoms with E-state index in [0.29, 0.717) is 23.9 Å². The van der Waals surface area contributed by atoms with Crippen molar-refractivity contribution in [1.29, 1.82) is 0 Å². The summed E-state index contributed by atoms with van der Waals surface area (Å²) in [6.45, 7) is 2.60. The van der Waals surface area contributed by atoms with E-state index >= 15 is 0 Å². The zero-order valence-corrected chi connectivity index (χ0v) is 16.3. The molecule has 0 radical (unpaired) electrons. The van der Waals surface area contributed by atoms with Crippen LogP contribution in [0.4, 0.5) is 5.82 Å². The Balaban J connectivity index is 1.37. The molecule has 1 aromatic carbocycles. The van der Waals surface area contributed by atoms with Crippen molar-refractivity contribution < 1.29 is 13.2 Å². The molecule has 0 saturated carbocycles. The Kier molecular flexibility index (Phi) is 6.56. The average molecular weight is 402 g/mol. The number of benzene rings is 1. The average Bonchev–Trinajstić information content (AvgIpc) is 3.13. The van der Waals surface area contributed by atoms with Gasteiger partial charge in [-0.05, 0) is 37.3 Å². The molecule has 0 atom stereocenters. The van der Waals surface area contributed by atoms with Gasteiger partial charge in [0.1, 0.15) is 18.2 Å². The highest BCUT2D eigenvalue weighted by atomic mass is 32.2. The van der Waals surface area contributed by atoms with Crippen molar-refractivity contribution in [2.24, 2.45) is 0 Å². The Bertz CT molecular complexity index is 974. The summed E-state index contributed by atoms with van der Waals surface area (Å²) >= 11 is 0. The Morgan fingerprint density at radius 1 is 1.04 bits per heavy atom. The van der Waals surface area contributed by atoms with E-state index in [-0.39, 0.29) is 18.9 Å². The predicted molar refractivity (Wildman–Crippen MR) is 106 cm³/mol. The maximum Gasteiger partial charge on any atom is 0.215 e. The minimum absolute atomic E-state index is 0.0899. The Morgan fingerprint density at radius 2 is 1.86 bits per heavy atom. The zero-order valence-electron chi connectivity index (χ0n) is 15.4. The number of aromatic nitrogens is 4. The van der Waals surface area contributed by atoms with Crippen LogP contribution in [-0.2, 0) is 10.0 Å². The van der Waals surface area contributed by atoms with Crippen LogP contribution in [0.1, 0.15) is 5.69 Å². The number of nitrogens with one attached hydrogen (secondary N) is 2. The monoisotopic (exact) mass is 402 g/mol. The third-order valence-electron chi connectivity index (χ3n) is 3.72. The summed E-state index contributed by atoms with van der Waals surface area (Å²) in [7, 11) is -3.41. The molecular formula is C18H22N6O3S. The highest BCUT2D eigenvalue weighted by Crippen LogP contribution is 2.08. The molecule has 0 aliphatic rings. The lowest BCUT2D eigenvalue weighted by Crippen LogP contribution is -2.32. The van der Waals surface area contributed by atoms with E-state index in [1.54, 1.807) is 28.9 Å². The third kappa shape index (κ3) is 6.03. The molecule has 0 aliphatic heterocycles. The van der Waals surface area contributed by atoms with Crippen LogP contribution in [0.25, 0.3) is 5.82 Å². The van der Waals surface area contributed by atoms with Crippen molar-refractivity contribution in [2.45, 2.75) is 6.92 Å². The fraction of sp³-hybridized carbons (Fsp3) is 0.278. The van der Waals surface area contributed by atoms with E-state index in [0.717, 1.165) is 5.69 Å². The summed E-state index contributed by atoms with van der Waals surface area (Å²) in [5, 5.41) is 15.4. The predicted octanol–water partition coefficient (Wildman–Crippen LogP) is 1.38. The number of nitrogens with zero attached hydrogens (tertiary/aromatic N) is 4. The van der Waals surface area contributed by atoms with Gasteiger partial charge in [-0.25, -0.2) is 17.8 Å². The maximum atomic E-state index is 12.0. The van der Waals surface area contributed by atoms with Gasteiger partial charge >= 0.3 is 0 Å². The first kappa shape index (κ1) is 19.8. The SMILES string of the molecule is Cc1ccn(-c2ccc(NCCNS(=O)(=O)CCOc3ccccc3)nn2)n1. The molecule has 2 aromatic heterocycles. The lowest BCUT2D eigenvalue weighted by molar-refractivity contribution is 0.340. The summed E-state index contributed by atoms with van der Waals surface area (Å²) in [4.78, 5) is 0. The van der Waals surface area contributed by atoms with Crippen molar-refractivity contribution in [3.63, 3.8) is 0 Å². The quantitative estimate of drug-likeness (QED) is 0.493. The van der Waals surface area contributed by atoms with Crippen LogP contribution in [0.15, 0.2) is 54.7 Å². The van der Waals surface area contributed by atoms with Crippen LogP contribution in [0.5, 0.6) is 5.75 Å². The van der Waals surface area contributed by atoms with Crippen molar-refractivity contribution in [3.05, 3.63) is 60.4 Å². The lowest BCUT2D eigenvalue weighted by atomic mass is 10.3. The summed E-state index contributed by atoms with van der Waals surface area (Å²) < 4.78 is 33.5. The normalized spacial score (nSPS) is 11.3. The number of sulfonamides is 1. The van der Waals surface area contributed by atoms with Gasteiger partial charge in [0.2, 0.25) is 10.0 Å². The van der Waals surface area contributed by atoms with Gasteiger partial charge in [0.15, 0.2) is 5.82 Å². The van der Waals surface area contributed by atoms with Gasteiger partial charge in [0.25, 0.3) is 0 Å². The van der Waals surface area contributed by atoms with E-state index in [2.05, 4.69) is 25.3 Å². The van der Waals surface area contributed by atoms with Crippen LogP contribution < -0.4 is 14.8 Å². The summed E-state index contributed by atoms with van der Waals surface area (Å²) in [5.41, 5.74) is 0.894. The number of ether oxygens (including phenoxy) is 1. The molecule has 2 heterocycles. The van der Waals surface area contributed by atoms with Gasteiger partial charge in [-0.15, -0.1) is 10.2 Å². The largest absolute Gasteiger partial charge is 0.492 e. The molecule has 3 rings (SSSR count). The first-order valence-electron chi connectivity index (χ1n) is 8.77. The standard InChI is InChI=1S/C18H22N6O3S/c1-15-9-12-24(23-15)18-8-7-17(21-22-18)19-10-11-20-28(25,26)14-13-27-16-5-3-2-4-6-16/h2-9,12,20H,10-11,13-14H2,1H3,(H,19,21). The van der Waals surface area contributed by atoms with Crippen molar-refractivity contribution in [3.8, 4) is 11.6 Å². The Labute approximate surface area is 163 Å². The second kappa shape index (κ2) is 9.29. The van der Waals surface area contributed by atoms with Crippen LogP contribution in [0.2, 0.25) is 0 Å². The van der Waals surface area contributed by atoms with Gasteiger partial charge in [0, 0.05) is 19.3 Å². The van der Waals surface area contributed by atoms with Crippen LogP contribution in [-0.4, -0.2) is 53.8 Å². The molecule has 0 unspecified atom stereocenters.